The molecule has 6 nitrogen and oxygen atoms in total. The number of carbonyl (C=O) groups excluding carboxylic acids is 2. The number of piperidine rings is 2. The second-order valence-corrected chi connectivity index (χ2v) is 6.79. The zero-order valence-electron chi connectivity index (χ0n) is 12.9. The van der Waals surface area contributed by atoms with E-state index in [0.717, 1.165) is 65.0 Å². The third kappa shape index (κ3) is 2.86. The smallest absolute Gasteiger partial charge is 0.317 e. The molecule has 1 atom stereocenters. The van der Waals surface area contributed by atoms with Gasteiger partial charge in [0.25, 0.3) is 0 Å². The summed E-state index contributed by atoms with van der Waals surface area (Å²) in [6.07, 6.45) is 3.87. The lowest BCUT2D eigenvalue weighted by atomic mass is 9.81. The summed E-state index contributed by atoms with van der Waals surface area (Å²) in [6.45, 7) is 7.02. The number of urea groups is 1. The fourth-order valence-electron chi connectivity index (χ4n) is 3.84. The van der Waals surface area contributed by atoms with E-state index in [1.807, 2.05) is 9.80 Å². The van der Waals surface area contributed by atoms with E-state index in [4.69, 9.17) is 0 Å². The predicted molar refractivity (Wildman–Crippen MR) is 79.9 cm³/mol. The molecule has 2 N–H and O–H groups in total. The largest absolute Gasteiger partial charge is 0.342 e. The Morgan fingerprint density at radius 2 is 2.00 bits per heavy atom. The van der Waals surface area contributed by atoms with Crippen LogP contribution in [0.2, 0.25) is 0 Å². The van der Waals surface area contributed by atoms with Crippen molar-refractivity contribution >= 4 is 11.9 Å². The van der Waals surface area contributed by atoms with E-state index >= 15 is 0 Å². The highest BCUT2D eigenvalue weighted by Gasteiger charge is 2.40. The fourth-order valence-corrected chi connectivity index (χ4v) is 3.84. The van der Waals surface area contributed by atoms with Crippen molar-refractivity contribution in [2.24, 2.45) is 5.41 Å². The molecular weight excluding hydrogens is 268 g/mol. The third-order valence-corrected chi connectivity index (χ3v) is 5.20. The molecule has 0 aliphatic carbocycles. The lowest BCUT2D eigenvalue weighted by Crippen LogP contribution is -2.54. The van der Waals surface area contributed by atoms with Gasteiger partial charge in [-0.2, -0.15) is 0 Å². The molecule has 3 rings (SSSR count). The van der Waals surface area contributed by atoms with Gasteiger partial charge in [-0.25, -0.2) is 4.79 Å². The molecule has 3 heterocycles. The number of nitrogens with one attached hydrogen (secondary N) is 2. The maximum absolute atomic E-state index is 12.8. The van der Waals surface area contributed by atoms with Crippen molar-refractivity contribution in [3.05, 3.63) is 0 Å². The minimum absolute atomic E-state index is 0.0585. The molecule has 3 aliphatic heterocycles. The van der Waals surface area contributed by atoms with Crippen LogP contribution in [0.5, 0.6) is 0 Å². The van der Waals surface area contributed by atoms with Crippen LogP contribution in [0.3, 0.4) is 0 Å². The molecule has 0 aromatic rings. The molecule has 1 unspecified atom stereocenters. The fraction of sp³-hybridized carbons (Fsp3) is 0.867. The first kappa shape index (κ1) is 14.6. The van der Waals surface area contributed by atoms with Gasteiger partial charge >= 0.3 is 6.03 Å². The standard InChI is InChI=1S/C15H26N4O2/c1-15(5-2-6-16-11-15)13(20)18-8-3-12(4-9-18)19-10-7-17-14(19)21/h12,16H,2-11H2,1H3,(H,17,21). The van der Waals surface area contributed by atoms with Gasteiger partial charge in [-0.3, -0.25) is 4.79 Å². The van der Waals surface area contributed by atoms with Crippen molar-refractivity contribution in [1.82, 2.24) is 20.4 Å². The quantitative estimate of drug-likeness (QED) is 0.774. The van der Waals surface area contributed by atoms with Gasteiger partial charge in [-0.15, -0.1) is 0 Å². The minimum Gasteiger partial charge on any atom is -0.342 e. The Morgan fingerprint density at radius 3 is 2.57 bits per heavy atom. The molecule has 6 heteroatoms. The maximum Gasteiger partial charge on any atom is 0.317 e. The van der Waals surface area contributed by atoms with Gasteiger partial charge in [-0.1, -0.05) is 0 Å². The van der Waals surface area contributed by atoms with E-state index in [1.54, 1.807) is 0 Å². The summed E-state index contributed by atoms with van der Waals surface area (Å²) in [5.41, 5.74) is -0.240. The lowest BCUT2D eigenvalue weighted by molar-refractivity contribution is -0.143. The molecule has 0 radical (unpaired) electrons. The van der Waals surface area contributed by atoms with Crippen molar-refractivity contribution in [3.8, 4) is 0 Å². The average Bonchev–Trinajstić information content (AvgIpc) is 2.93. The lowest BCUT2D eigenvalue weighted by Gasteiger charge is -2.41. The monoisotopic (exact) mass is 294 g/mol. The van der Waals surface area contributed by atoms with E-state index < -0.39 is 0 Å². The van der Waals surface area contributed by atoms with Crippen molar-refractivity contribution < 1.29 is 9.59 Å². The number of hydrogen-bond acceptors (Lipinski definition) is 3. The summed E-state index contributed by atoms with van der Waals surface area (Å²) in [7, 11) is 0. The normalized spacial score (nSPS) is 31.4. The Kier molecular flexibility index (Phi) is 4.06. The van der Waals surface area contributed by atoms with Crippen LogP contribution in [-0.2, 0) is 4.79 Å². The molecular formula is C15H26N4O2. The van der Waals surface area contributed by atoms with Gasteiger partial charge in [0.05, 0.1) is 5.41 Å². The van der Waals surface area contributed by atoms with Gasteiger partial charge in [0, 0.05) is 38.8 Å². The summed E-state index contributed by atoms with van der Waals surface area (Å²) in [6, 6.07) is 0.358. The Morgan fingerprint density at radius 1 is 1.24 bits per heavy atom. The molecule has 3 fully saturated rings. The molecule has 3 aliphatic rings. The summed E-state index contributed by atoms with van der Waals surface area (Å²) in [5, 5.41) is 6.20. The number of hydrogen-bond donors (Lipinski definition) is 2. The van der Waals surface area contributed by atoms with E-state index in [-0.39, 0.29) is 11.4 Å². The zero-order valence-corrected chi connectivity index (χ0v) is 12.9. The first-order valence-corrected chi connectivity index (χ1v) is 8.15. The van der Waals surface area contributed by atoms with Gasteiger partial charge in [0.1, 0.15) is 0 Å². The van der Waals surface area contributed by atoms with Crippen molar-refractivity contribution in [2.75, 3.05) is 39.3 Å². The molecule has 3 saturated heterocycles. The summed E-state index contributed by atoms with van der Waals surface area (Å²) in [5.74, 6) is 0.291. The van der Waals surface area contributed by atoms with Crippen LogP contribution < -0.4 is 10.6 Å². The van der Waals surface area contributed by atoms with Crippen LogP contribution in [-0.4, -0.2) is 67.0 Å². The molecule has 118 valence electrons. The predicted octanol–water partition coefficient (Wildman–Crippen LogP) is 0.392. The van der Waals surface area contributed by atoms with Gasteiger partial charge in [0.15, 0.2) is 0 Å². The van der Waals surface area contributed by atoms with Crippen molar-refractivity contribution in [1.29, 1.82) is 0 Å². The first-order chi connectivity index (χ1) is 10.1. The number of likely N-dealkylation sites (tertiary alicyclic amines) is 1. The van der Waals surface area contributed by atoms with E-state index in [9.17, 15) is 9.59 Å². The number of rotatable bonds is 2. The van der Waals surface area contributed by atoms with E-state index in [2.05, 4.69) is 17.6 Å². The van der Waals surface area contributed by atoms with Crippen LogP contribution in [0, 0.1) is 5.41 Å². The molecule has 0 saturated carbocycles. The van der Waals surface area contributed by atoms with Crippen molar-refractivity contribution in [2.45, 2.75) is 38.6 Å². The Bertz CT molecular complexity index is 412. The molecule has 0 aromatic heterocycles. The number of amides is 3. The molecule has 0 spiro atoms. The zero-order chi connectivity index (χ0) is 14.9. The SMILES string of the molecule is CC1(C(=O)N2CCC(N3CCNC3=O)CC2)CCCNC1. The van der Waals surface area contributed by atoms with Crippen LogP contribution in [0.25, 0.3) is 0 Å². The van der Waals surface area contributed by atoms with E-state index in [1.165, 1.54) is 0 Å². The average molecular weight is 294 g/mol. The minimum atomic E-state index is -0.240. The highest BCUT2D eigenvalue weighted by molar-refractivity contribution is 5.83. The summed E-state index contributed by atoms with van der Waals surface area (Å²) in [4.78, 5) is 28.4. The topological polar surface area (TPSA) is 64.7 Å². The maximum atomic E-state index is 12.8. The molecule has 0 bridgehead atoms. The van der Waals surface area contributed by atoms with Gasteiger partial charge < -0.3 is 20.4 Å². The Hall–Kier alpha value is -1.30. The second-order valence-electron chi connectivity index (χ2n) is 6.79. The van der Waals surface area contributed by atoms with Gasteiger partial charge in [0.2, 0.25) is 5.91 Å². The summed E-state index contributed by atoms with van der Waals surface area (Å²) < 4.78 is 0. The van der Waals surface area contributed by atoms with Gasteiger partial charge in [-0.05, 0) is 39.2 Å². The molecule has 0 aromatic carbocycles. The summed E-state index contributed by atoms with van der Waals surface area (Å²) >= 11 is 0. The number of carbonyl (C=O) groups is 2. The highest BCUT2D eigenvalue weighted by Crippen LogP contribution is 2.30. The molecule has 21 heavy (non-hydrogen) atoms. The third-order valence-electron chi connectivity index (χ3n) is 5.20. The van der Waals surface area contributed by atoms with Crippen LogP contribution in [0.4, 0.5) is 4.79 Å². The van der Waals surface area contributed by atoms with Crippen LogP contribution in [0.1, 0.15) is 32.6 Å². The molecule has 3 amide bonds. The van der Waals surface area contributed by atoms with Crippen molar-refractivity contribution in [3.63, 3.8) is 0 Å². The number of nitrogens with zero attached hydrogens (tertiary/aromatic N) is 2. The van der Waals surface area contributed by atoms with Crippen LogP contribution in [0.15, 0.2) is 0 Å². The Balaban J connectivity index is 1.55. The van der Waals surface area contributed by atoms with E-state index in [0.29, 0.717) is 11.9 Å². The Labute approximate surface area is 126 Å². The highest BCUT2D eigenvalue weighted by atomic mass is 16.2. The van der Waals surface area contributed by atoms with Crippen LogP contribution >= 0.6 is 0 Å². The first-order valence-electron chi connectivity index (χ1n) is 8.15. The second kappa shape index (κ2) is 5.83.